The molecule has 3 fully saturated rings. The molecular weight excluding hydrogens is 218 g/mol. The lowest BCUT2D eigenvalue weighted by atomic mass is 9.68. The molecule has 104 valence electrons. The molecule has 0 heterocycles. The van der Waals surface area contributed by atoms with Gasteiger partial charge in [0.05, 0.1) is 0 Å². The van der Waals surface area contributed by atoms with Crippen molar-refractivity contribution in [1.82, 2.24) is 5.32 Å². The molecule has 2 bridgehead atoms. The normalized spacial score (nSPS) is 44.2. The average Bonchev–Trinajstić information content (AvgIpc) is 2.66. The maximum absolute atomic E-state index is 4.12. The van der Waals surface area contributed by atoms with Crippen LogP contribution in [0.5, 0.6) is 0 Å². The lowest BCUT2D eigenvalue weighted by molar-refractivity contribution is 0.0960. The van der Waals surface area contributed by atoms with Gasteiger partial charge >= 0.3 is 0 Å². The number of hydrogen-bond acceptors (Lipinski definition) is 1. The van der Waals surface area contributed by atoms with Crippen molar-refractivity contribution in [3.05, 3.63) is 0 Å². The predicted octanol–water partition coefficient (Wildman–Crippen LogP) is 4.51. The molecule has 3 atom stereocenters. The third-order valence-corrected chi connectivity index (χ3v) is 6.53. The summed E-state index contributed by atoms with van der Waals surface area (Å²) in [6.07, 6.45) is 13.1. The van der Waals surface area contributed by atoms with Gasteiger partial charge in [-0.05, 0) is 48.9 Å². The van der Waals surface area contributed by atoms with Gasteiger partial charge in [0.15, 0.2) is 0 Å². The Morgan fingerprint density at radius 3 is 2.11 bits per heavy atom. The molecule has 0 spiro atoms. The zero-order valence-corrected chi connectivity index (χ0v) is 12.6. The second kappa shape index (κ2) is 4.51. The molecule has 0 aromatic rings. The Bertz CT molecular complexity index is 296. The van der Waals surface area contributed by atoms with Gasteiger partial charge in [-0.15, -0.1) is 0 Å². The molecule has 0 saturated heterocycles. The Labute approximate surface area is 113 Å². The van der Waals surface area contributed by atoms with Gasteiger partial charge < -0.3 is 5.32 Å². The van der Waals surface area contributed by atoms with E-state index < -0.39 is 0 Å². The Morgan fingerprint density at radius 1 is 0.889 bits per heavy atom. The standard InChI is InChI=1S/C17H31N/c1-16(2)13-10-11-17(3,12-13)15(16)18-14-8-6-4-5-7-9-14/h13-15,18H,4-12H2,1-3H3/t13-,15?,17+/m0/s1. The van der Waals surface area contributed by atoms with Gasteiger partial charge in [0, 0.05) is 12.1 Å². The Kier molecular flexibility index (Phi) is 3.25. The molecule has 3 aliphatic carbocycles. The lowest BCUT2D eigenvalue weighted by Gasteiger charge is -2.45. The van der Waals surface area contributed by atoms with E-state index in [0.29, 0.717) is 10.8 Å². The van der Waals surface area contributed by atoms with E-state index in [1.165, 1.54) is 57.8 Å². The third kappa shape index (κ3) is 2.03. The number of nitrogens with one attached hydrogen (secondary N) is 1. The first-order valence-electron chi connectivity index (χ1n) is 8.28. The summed E-state index contributed by atoms with van der Waals surface area (Å²) in [7, 11) is 0. The van der Waals surface area contributed by atoms with Crippen LogP contribution in [0.25, 0.3) is 0 Å². The highest BCUT2D eigenvalue weighted by Crippen LogP contribution is 2.62. The summed E-state index contributed by atoms with van der Waals surface area (Å²) in [4.78, 5) is 0. The molecule has 3 rings (SSSR count). The minimum absolute atomic E-state index is 0.527. The average molecular weight is 249 g/mol. The lowest BCUT2D eigenvalue weighted by Crippen LogP contribution is -2.53. The van der Waals surface area contributed by atoms with Crippen LogP contribution in [-0.2, 0) is 0 Å². The first-order chi connectivity index (χ1) is 8.52. The fourth-order valence-electron chi connectivity index (χ4n) is 5.40. The van der Waals surface area contributed by atoms with Crippen LogP contribution < -0.4 is 5.32 Å². The molecule has 3 saturated carbocycles. The van der Waals surface area contributed by atoms with Gasteiger partial charge in [-0.2, -0.15) is 0 Å². The quantitative estimate of drug-likeness (QED) is 0.710. The number of fused-ring (bicyclic) bond motifs is 2. The number of rotatable bonds is 2. The van der Waals surface area contributed by atoms with Crippen LogP contribution in [0.4, 0.5) is 0 Å². The van der Waals surface area contributed by atoms with Gasteiger partial charge in [-0.25, -0.2) is 0 Å². The van der Waals surface area contributed by atoms with Gasteiger partial charge in [0.2, 0.25) is 0 Å². The van der Waals surface area contributed by atoms with Crippen molar-refractivity contribution in [2.45, 2.75) is 90.6 Å². The summed E-state index contributed by atoms with van der Waals surface area (Å²) in [5.74, 6) is 0.978. The number of hydrogen-bond donors (Lipinski definition) is 1. The Balaban J connectivity index is 1.71. The van der Waals surface area contributed by atoms with E-state index in [0.717, 1.165) is 18.0 Å². The first kappa shape index (κ1) is 13.0. The molecule has 3 aliphatic rings. The van der Waals surface area contributed by atoms with Crippen LogP contribution in [0, 0.1) is 16.7 Å². The van der Waals surface area contributed by atoms with Crippen LogP contribution in [-0.4, -0.2) is 12.1 Å². The summed E-state index contributed by atoms with van der Waals surface area (Å²) in [5, 5.41) is 4.12. The highest BCUT2D eigenvalue weighted by atomic mass is 15.0. The minimum atomic E-state index is 0.527. The zero-order valence-electron chi connectivity index (χ0n) is 12.6. The summed E-state index contributed by atoms with van der Waals surface area (Å²) < 4.78 is 0. The zero-order chi connectivity index (χ0) is 12.8. The molecule has 0 amide bonds. The fourth-order valence-corrected chi connectivity index (χ4v) is 5.40. The molecule has 18 heavy (non-hydrogen) atoms. The predicted molar refractivity (Wildman–Crippen MR) is 77.6 cm³/mol. The van der Waals surface area contributed by atoms with Crippen LogP contribution in [0.3, 0.4) is 0 Å². The van der Waals surface area contributed by atoms with Crippen LogP contribution in [0.2, 0.25) is 0 Å². The van der Waals surface area contributed by atoms with E-state index in [4.69, 9.17) is 0 Å². The molecule has 0 radical (unpaired) electrons. The second-order valence-electron chi connectivity index (χ2n) is 8.20. The van der Waals surface area contributed by atoms with Gasteiger partial charge in [-0.1, -0.05) is 46.5 Å². The van der Waals surface area contributed by atoms with Gasteiger partial charge in [-0.3, -0.25) is 0 Å². The van der Waals surface area contributed by atoms with Crippen molar-refractivity contribution in [3.8, 4) is 0 Å². The van der Waals surface area contributed by atoms with Crippen molar-refractivity contribution < 1.29 is 0 Å². The van der Waals surface area contributed by atoms with Crippen LogP contribution >= 0.6 is 0 Å². The Hall–Kier alpha value is -0.0400. The van der Waals surface area contributed by atoms with E-state index >= 15 is 0 Å². The Morgan fingerprint density at radius 2 is 1.56 bits per heavy atom. The monoisotopic (exact) mass is 249 g/mol. The molecule has 1 N–H and O–H groups in total. The summed E-state index contributed by atoms with van der Waals surface area (Å²) in [6, 6.07) is 1.58. The second-order valence-corrected chi connectivity index (χ2v) is 8.20. The molecule has 0 aromatic heterocycles. The van der Waals surface area contributed by atoms with Crippen molar-refractivity contribution in [2.24, 2.45) is 16.7 Å². The molecule has 0 aliphatic heterocycles. The first-order valence-corrected chi connectivity index (χ1v) is 8.28. The molecule has 1 heteroatoms. The summed E-state index contributed by atoms with van der Waals surface area (Å²) in [5.41, 5.74) is 1.12. The van der Waals surface area contributed by atoms with Crippen LogP contribution in [0.1, 0.15) is 78.6 Å². The van der Waals surface area contributed by atoms with E-state index in [9.17, 15) is 0 Å². The third-order valence-electron chi connectivity index (χ3n) is 6.53. The van der Waals surface area contributed by atoms with E-state index in [1.54, 1.807) is 0 Å². The fraction of sp³-hybridized carbons (Fsp3) is 1.00. The van der Waals surface area contributed by atoms with E-state index in [1.807, 2.05) is 0 Å². The summed E-state index contributed by atoms with van der Waals surface area (Å²) in [6.45, 7) is 7.60. The maximum Gasteiger partial charge on any atom is 0.0177 e. The smallest absolute Gasteiger partial charge is 0.0177 e. The molecule has 1 unspecified atom stereocenters. The largest absolute Gasteiger partial charge is 0.310 e. The van der Waals surface area contributed by atoms with E-state index in [-0.39, 0.29) is 0 Å². The SMILES string of the molecule is CC1(C)C(NC2CCCCCC2)[C@]2(C)CC[C@H]1C2. The van der Waals surface area contributed by atoms with Crippen molar-refractivity contribution >= 4 is 0 Å². The highest BCUT2D eigenvalue weighted by Gasteiger charge is 2.59. The van der Waals surface area contributed by atoms with Gasteiger partial charge in [0.1, 0.15) is 0 Å². The van der Waals surface area contributed by atoms with Crippen LogP contribution in [0.15, 0.2) is 0 Å². The molecular formula is C17H31N. The van der Waals surface area contributed by atoms with Crippen molar-refractivity contribution in [2.75, 3.05) is 0 Å². The van der Waals surface area contributed by atoms with Crippen molar-refractivity contribution in [1.29, 1.82) is 0 Å². The highest BCUT2D eigenvalue weighted by molar-refractivity contribution is 5.12. The minimum Gasteiger partial charge on any atom is -0.310 e. The maximum atomic E-state index is 4.12. The molecule has 0 aromatic carbocycles. The van der Waals surface area contributed by atoms with Crippen molar-refractivity contribution in [3.63, 3.8) is 0 Å². The molecule has 1 nitrogen and oxygen atoms in total. The summed E-state index contributed by atoms with van der Waals surface area (Å²) >= 11 is 0. The van der Waals surface area contributed by atoms with Gasteiger partial charge in [0.25, 0.3) is 0 Å². The topological polar surface area (TPSA) is 12.0 Å². The van der Waals surface area contributed by atoms with E-state index in [2.05, 4.69) is 26.1 Å².